The van der Waals surface area contributed by atoms with Gasteiger partial charge in [-0.15, -0.1) is 0 Å². The highest BCUT2D eigenvalue weighted by Crippen LogP contribution is 2.24. The second-order valence-electron chi connectivity index (χ2n) is 7.34. The molecule has 1 amide bonds. The van der Waals surface area contributed by atoms with Crippen molar-refractivity contribution >= 4 is 5.91 Å². The van der Waals surface area contributed by atoms with Crippen molar-refractivity contribution < 1.29 is 23.1 Å². The maximum Gasteiger partial charge on any atom is 0.315 e. The minimum atomic E-state index is -3.27. The normalized spacial score (nSPS) is 14.0. The van der Waals surface area contributed by atoms with Crippen LogP contribution in [0.5, 0.6) is 0 Å². The van der Waals surface area contributed by atoms with Gasteiger partial charge in [0.1, 0.15) is 12.8 Å². The zero-order chi connectivity index (χ0) is 20.9. The number of carbonyl (C=O) groups is 1. The quantitative estimate of drug-likeness (QED) is 0.641. The van der Waals surface area contributed by atoms with Crippen LogP contribution in [0.25, 0.3) is 11.1 Å². The van der Waals surface area contributed by atoms with Gasteiger partial charge in [-0.25, -0.2) is 4.39 Å². The SMILES string of the molecule is CC(C)(N)Cc1ccc(-c2ccc(C(O)C(CF)NC(=O)C(F)F)cc2)cn1. The fraction of sp³-hybridized carbons (Fsp3) is 0.400. The predicted octanol–water partition coefficient (Wildman–Crippen LogP) is 2.78. The second-order valence-corrected chi connectivity index (χ2v) is 7.34. The molecule has 0 fully saturated rings. The summed E-state index contributed by atoms with van der Waals surface area (Å²) in [6.45, 7) is 2.66. The Morgan fingerprint density at radius 2 is 1.79 bits per heavy atom. The number of benzene rings is 1. The van der Waals surface area contributed by atoms with Gasteiger partial charge in [0.15, 0.2) is 0 Å². The lowest BCUT2D eigenvalue weighted by Crippen LogP contribution is -2.43. The summed E-state index contributed by atoms with van der Waals surface area (Å²) in [4.78, 5) is 15.4. The van der Waals surface area contributed by atoms with E-state index in [0.29, 0.717) is 12.0 Å². The number of hydrogen-bond donors (Lipinski definition) is 3. The van der Waals surface area contributed by atoms with E-state index in [1.807, 2.05) is 26.0 Å². The Bertz CT molecular complexity index is 775. The molecule has 1 aromatic heterocycles. The number of nitrogens with two attached hydrogens (primary N) is 1. The van der Waals surface area contributed by atoms with Crippen LogP contribution in [0.2, 0.25) is 0 Å². The fourth-order valence-corrected chi connectivity index (χ4v) is 2.72. The number of alkyl halides is 3. The van der Waals surface area contributed by atoms with E-state index in [4.69, 9.17) is 5.73 Å². The van der Waals surface area contributed by atoms with E-state index in [1.165, 1.54) is 0 Å². The summed E-state index contributed by atoms with van der Waals surface area (Å²) in [6, 6.07) is 8.83. The molecule has 0 saturated heterocycles. The van der Waals surface area contributed by atoms with E-state index in [0.717, 1.165) is 16.8 Å². The number of halogens is 3. The maximum atomic E-state index is 13.1. The highest BCUT2D eigenvalue weighted by atomic mass is 19.3. The number of nitrogens with one attached hydrogen (secondary N) is 1. The number of hydrogen-bond acceptors (Lipinski definition) is 4. The molecule has 28 heavy (non-hydrogen) atoms. The molecule has 4 N–H and O–H groups in total. The Balaban J connectivity index is 2.10. The van der Waals surface area contributed by atoms with Gasteiger partial charge in [0.2, 0.25) is 0 Å². The first-order valence-electron chi connectivity index (χ1n) is 8.77. The monoisotopic (exact) mass is 395 g/mol. The van der Waals surface area contributed by atoms with Gasteiger partial charge in [0.25, 0.3) is 5.91 Å². The molecule has 0 aliphatic heterocycles. The lowest BCUT2D eigenvalue weighted by atomic mass is 9.97. The van der Waals surface area contributed by atoms with E-state index in [-0.39, 0.29) is 5.54 Å². The molecule has 1 heterocycles. The lowest BCUT2D eigenvalue weighted by Gasteiger charge is -2.22. The van der Waals surface area contributed by atoms with E-state index in [1.54, 1.807) is 35.8 Å². The molecule has 2 unspecified atom stereocenters. The summed E-state index contributed by atoms with van der Waals surface area (Å²) in [7, 11) is 0. The number of aliphatic hydroxyl groups excluding tert-OH is 1. The van der Waals surface area contributed by atoms with Gasteiger partial charge >= 0.3 is 6.43 Å². The molecule has 2 aromatic rings. The Hall–Kier alpha value is -2.45. The van der Waals surface area contributed by atoms with Crippen LogP contribution in [-0.4, -0.2) is 40.7 Å². The number of nitrogens with zero attached hydrogens (tertiary/aromatic N) is 1. The van der Waals surface area contributed by atoms with Crippen LogP contribution in [0.15, 0.2) is 42.6 Å². The molecule has 0 radical (unpaired) electrons. The van der Waals surface area contributed by atoms with Crippen LogP contribution in [-0.2, 0) is 11.2 Å². The Kier molecular flexibility index (Phi) is 7.15. The van der Waals surface area contributed by atoms with Crippen LogP contribution >= 0.6 is 0 Å². The summed E-state index contributed by atoms with van der Waals surface area (Å²) < 4.78 is 37.7. The zero-order valence-corrected chi connectivity index (χ0v) is 15.7. The molecule has 5 nitrogen and oxygen atoms in total. The average Bonchev–Trinajstić information content (AvgIpc) is 2.64. The molecule has 0 aliphatic carbocycles. The van der Waals surface area contributed by atoms with Gasteiger partial charge in [0, 0.05) is 29.4 Å². The molecular weight excluding hydrogens is 371 g/mol. The van der Waals surface area contributed by atoms with Crippen LogP contribution < -0.4 is 11.1 Å². The molecular formula is C20H24F3N3O2. The first-order chi connectivity index (χ1) is 13.1. The molecule has 2 rings (SSSR count). The van der Waals surface area contributed by atoms with Gasteiger partial charge in [-0.2, -0.15) is 8.78 Å². The first kappa shape index (κ1) is 21.8. The predicted molar refractivity (Wildman–Crippen MR) is 101 cm³/mol. The van der Waals surface area contributed by atoms with Crippen molar-refractivity contribution in [2.75, 3.05) is 6.67 Å². The topological polar surface area (TPSA) is 88.2 Å². The van der Waals surface area contributed by atoms with Crippen molar-refractivity contribution in [3.05, 3.63) is 53.9 Å². The van der Waals surface area contributed by atoms with Gasteiger partial charge in [0.05, 0.1) is 6.04 Å². The molecule has 1 aromatic carbocycles. The number of aromatic nitrogens is 1. The molecule has 0 bridgehead atoms. The highest BCUT2D eigenvalue weighted by molar-refractivity contribution is 5.79. The highest BCUT2D eigenvalue weighted by Gasteiger charge is 2.26. The Morgan fingerprint density at radius 3 is 2.25 bits per heavy atom. The third-order valence-electron chi connectivity index (χ3n) is 4.12. The van der Waals surface area contributed by atoms with Crippen molar-refractivity contribution in [1.82, 2.24) is 10.3 Å². The molecule has 0 saturated carbocycles. The number of amides is 1. The van der Waals surface area contributed by atoms with Crippen molar-refractivity contribution in [2.45, 2.75) is 44.4 Å². The summed E-state index contributed by atoms with van der Waals surface area (Å²) in [5, 5.41) is 12.0. The standard InChI is InChI=1S/C20H24F3N3O2/c1-20(2,24)9-15-8-7-14(11-25-15)12-3-5-13(6-4-12)17(27)16(10-21)26-19(28)18(22)23/h3-8,11,16-18,27H,9-10,24H2,1-2H3,(H,26,28). The van der Waals surface area contributed by atoms with E-state index >= 15 is 0 Å². The summed E-state index contributed by atoms with van der Waals surface area (Å²) >= 11 is 0. The van der Waals surface area contributed by atoms with Crippen molar-refractivity contribution in [2.24, 2.45) is 5.73 Å². The van der Waals surface area contributed by atoms with Gasteiger partial charge < -0.3 is 16.2 Å². The van der Waals surface area contributed by atoms with E-state index in [2.05, 4.69) is 4.98 Å². The molecule has 8 heteroatoms. The largest absolute Gasteiger partial charge is 0.386 e. The minimum Gasteiger partial charge on any atom is -0.386 e. The van der Waals surface area contributed by atoms with Crippen LogP contribution in [0.3, 0.4) is 0 Å². The van der Waals surface area contributed by atoms with Crippen LogP contribution in [0.4, 0.5) is 13.2 Å². The smallest absolute Gasteiger partial charge is 0.315 e. The van der Waals surface area contributed by atoms with E-state index in [9.17, 15) is 23.1 Å². The van der Waals surface area contributed by atoms with Gasteiger partial charge in [-0.05, 0) is 31.0 Å². The summed E-state index contributed by atoms with van der Waals surface area (Å²) in [5.74, 6) is -1.62. The zero-order valence-electron chi connectivity index (χ0n) is 15.7. The average molecular weight is 395 g/mol. The fourth-order valence-electron chi connectivity index (χ4n) is 2.72. The van der Waals surface area contributed by atoms with Crippen molar-refractivity contribution in [3.63, 3.8) is 0 Å². The third-order valence-corrected chi connectivity index (χ3v) is 4.12. The number of carbonyl (C=O) groups excluding carboxylic acids is 1. The molecule has 152 valence electrons. The van der Waals surface area contributed by atoms with E-state index < -0.39 is 31.2 Å². The summed E-state index contributed by atoms with van der Waals surface area (Å²) in [5.41, 5.74) is 8.45. The second kappa shape index (κ2) is 9.16. The molecule has 0 spiro atoms. The Labute approximate surface area is 161 Å². The maximum absolute atomic E-state index is 13.1. The lowest BCUT2D eigenvalue weighted by molar-refractivity contribution is -0.133. The van der Waals surface area contributed by atoms with Crippen LogP contribution in [0.1, 0.15) is 31.2 Å². The summed E-state index contributed by atoms with van der Waals surface area (Å²) in [6.07, 6.45) is -2.38. The number of rotatable bonds is 8. The van der Waals surface area contributed by atoms with Crippen molar-refractivity contribution in [3.8, 4) is 11.1 Å². The number of aliphatic hydroxyl groups is 1. The minimum absolute atomic E-state index is 0.301. The molecule has 0 aliphatic rings. The van der Waals surface area contributed by atoms with Crippen molar-refractivity contribution in [1.29, 1.82) is 0 Å². The number of pyridine rings is 1. The van der Waals surface area contributed by atoms with Gasteiger partial charge in [-0.3, -0.25) is 9.78 Å². The van der Waals surface area contributed by atoms with Crippen LogP contribution in [0, 0.1) is 0 Å². The molecule has 2 atom stereocenters. The third kappa shape index (κ3) is 6.03. The first-order valence-corrected chi connectivity index (χ1v) is 8.77. The van der Waals surface area contributed by atoms with Gasteiger partial charge in [-0.1, -0.05) is 30.3 Å². The Morgan fingerprint density at radius 1 is 1.18 bits per heavy atom.